The van der Waals surface area contributed by atoms with Crippen molar-refractivity contribution >= 4 is 40.1 Å². The molecule has 1 fully saturated rings. The van der Waals surface area contributed by atoms with E-state index in [9.17, 15) is 10.1 Å². The molecule has 10 heteroatoms. The van der Waals surface area contributed by atoms with Crippen LogP contribution < -0.4 is 21.9 Å². The highest BCUT2D eigenvalue weighted by Crippen LogP contribution is 2.40. The average Bonchev–Trinajstić information content (AvgIpc) is 3.20. The topological polar surface area (TPSA) is 140 Å². The summed E-state index contributed by atoms with van der Waals surface area (Å²) in [6, 6.07) is 16.2. The predicted molar refractivity (Wildman–Crippen MR) is 132 cm³/mol. The maximum Gasteiger partial charge on any atom is 0.267 e. The molecule has 1 aliphatic rings. The number of nitriles is 1. The molecule has 0 spiro atoms. The molecule has 0 bridgehead atoms. The Balaban J connectivity index is 1.80. The first-order valence-electron chi connectivity index (χ1n) is 10.8. The van der Waals surface area contributed by atoms with Crippen LogP contribution in [0.5, 0.6) is 0 Å². The van der Waals surface area contributed by atoms with Crippen molar-refractivity contribution in [3.8, 4) is 11.8 Å². The molecular weight excluding hydrogens is 452 g/mol. The minimum absolute atomic E-state index is 0.0157. The van der Waals surface area contributed by atoms with Gasteiger partial charge in [0.05, 0.1) is 27.7 Å². The number of fused-ring (bicyclic) bond motifs is 1. The van der Waals surface area contributed by atoms with Gasteiger partial charge < -0.3 is 16.4 Å². The Morgan fingerprint density at radius 3 is 2.59 bits per heavy atom. The van der Waals surface area contributed by atoms with Crippen molar-refractivity contribution in [2.45, 2.75) is 19.4 Å². The Morgan fingerprint density at radius 1 is 1.09 bits per heavy atom. The first kappa shape index (κ1) is 21.7. The summed E-state index contributed by atoms with van der Waals surface area (Å²) >= 11 is 6.41. The highest BCUT2D eigenvalue weighted by atomic mass is 35.5. The summed E-state index contributed by atoms with van der Waals surface area (Å²) < 4.78 is 1.59. The number of benzene rings is 2. The van der Waals surface area contributed by atoms with Gasteiger partial charge in [-0.05, 0) is 36.6 Å². The third-order valence-electron chi connectivity index (χ3n) is 6.01. The SMILES string of the molecule is CC1C[C@@H](c2nc3cccc(Cl)c3c(=O)n2-c2ccccc2)N(c2nc(N)nc(N)c2C#N)C1. The van der Waals surface area contributed by atoms with Gasteiger partial charge in [0.15, 0.2) is 5.82 Å². The number of halogens is 1. The van der Waals surface area contributed by atoms with E-state index in [1.54, 1.807) is 22.8 Å². The van der Waals surface area contributed by atoms with Crippen LogP contribution in [0.3, 0.4) is 0 Å². The standard InChI is InChI=1S/C24H21ClN8O/c1-13-10-18(32(12-13)21-15(11-26)20(27)30-24(28)31-21)22-29-17-9-5-8-16(25)19(17)23(34)33(22)14-6-3-2-4-7-14/h2-9,13,18H,10,12H2,1H3,(H4,27,28,30,31)/t13?,18-/m0/s1. The van der Waals surface area contributed by atoms with E-state index < -0.39 is 0 Å². The minimum Gasteiger partial charge on any atom is -0.382 e. The fourth-order valence-electron chi connectivity index (χ4n) is 4.58. The lowest BCUT2D eigenvalue weighted by molar-refractivity contribution is 0.584. The van der Waals surface area contributed by atoms with Gasteiger partial charge in [0.2, 0.25) is 5.95 Å². The number of para-hydroxylation sites is 1. The summed E-state index contributed by atoms with van der Waals surface area (Å²) in [6.07, 6.45) is 0.681. The van der Waals surface area contributed by atoms with E-state index >= 15 is 0 Å². The molecule has 170 valence electrons. The maximum absolute atomic E-state index is 13.8. The summed E-state index contributed by atoms with van der Waals surface area (Å²) in [5.41, 5.74) is 12.9. The van der Waals surface area contributed by atoms with Crippen LogP contribution in [0.2, 0.25) is 5.02 Å². The first-order valence-corrected chi connectivity index (χ1v) is 11.1. The van der Waals surface area contributed by atoms with Crippen LogP contribution in [-0.4, -0.2) is 26.1 Å². The van der Waals surface area contributed by atoms with Gasteiger partial charge in [0, 0.05) is 6.54 Å². The van der Waals surface area contributed by atoms with Crippen molar-refractivity contribution < 1.29 is 0 Å². The van der Waals surface area contributed by atoms with Gasteiger partial charge in [-0.15, -0.1) is 0 Å². The van der Waals surface area contributed by atoms with E-state index in [0.717, 1.165) is 0 Å². The molecule has 1 aliphatic heterocycles. The van der Waals surface area contributed by atoms with Crippen LogP contribution >= 0.6 is 11.6 Å². The van der Waals surface area contributed by atoms with Crippen molar-refractivity contribution in [2.24, 2.45) is 5.92 Å². The summed E-state index contributed by atoms with van der Waals surface area (Å²) in [5, 5.41) is 10.4. The maximum atomic E-state index is 13.8. The monoisotopic (exact) mass is 472 g/mol. The molecule has 1 unspecified atom stereocenters. The molecule has 0 saturated carbocycles. The second-order valence-electron chi connectivity index (χ2n) is 8.37. The minimum atomic E-state index is -0.368. The van der Waals surface area contributed by atoms with Crippen molar-refractivity contribution in [3.63, 3.8) is 0 Å². The van der Waals surface area contributed by atoms with E-state index in [0.29, 0.717) is 46.2 Å². The molecule has 3 heterocycles. The Hall–Kier alpha value is -4.16. The molecule has 5 rings (SSSR count). The second kappa shape index (κ2) is 8.32. The lowest BCUT2D eigenvalue weighted by atomic mass is 10.1. The lowest BCUT2D eigenvalue weighted by Gasteiger charge is -2.28. The van der Waals surface area contributed by atoms with Crippen LogP contribution in [0.1, 0.15) is 30.8 Å². The van der Waals surface area contributed by atoms with Gasteiger partial charge in [-0.3, -0.25) is 9.36 Å². The molecule has 2 aromatic heterocycles. The van der Waals surface area contributed by atoms with Gasteiger partial charge in [-0.1, -0.05) is 42.8 Å². The molecule has 34 heavy (non-hydrogen) atoms. The molecule has 4 aromatic rings. The van der Waals surface area contributed by atoms with E-state index in [1.165, 1.54) is 0 Å². The average molecular weight is 473 g/mol. The second-order valence-corrected chi connectivity index (χ2v) is 8.77. The summed E-state index contributed by atoms with van der Waals surface area (Å²) in [7, 11) is 0. The summed E-state index contributed by atoms with van der Waals surface area (Å²) in [6.45, 7) is 2.67. The summed E-state index contributed by atoms with van der Waals surface area (Å²) in [5.74, 6) is 1.08. The third kappa shape index (κ3) is 3.49. The predicted octanol–water partition coefficient (Wildman–Crippen LogP) is 3.45. The smallest absolute Gasteiger partial charge is 0.267 e. The third-order valence-corrected chi connectivity index (χ3v) is 6.33. The van der Waals surface area contributed by atoms with Crippen LogP contribution in [0.15, 0.2) is 53.3 Å². The zero-order valence-corrected chi connectivity index (χ0v) is 19.1. The number of nitrogens with zero attached hydrogens (tertiary/aromatic N) is 6. The Bertz CT molecular complexity index is 1510. The molecule has 4 N–H and O–H groups in total. The molecule has 2 aromatic carbocycles. The largest absolute Gasteiger partial charge is 0.382 e. The number of nitrogens with two attached hydrogens (primary N) is 2. The van der Waals surface area contributed by atoms with Gasteiger partial charge in [-0.2, -0.15) is 15.2 Å². The van der Waals surface area contributed by atoms with Crippen LogP contribution in [0.25, 0.3) is 16.6 Å². The number of hydrogen-bond acceptors (Lipinski definition) is 8. The molecule has 2 atom stereocenters. The van der Waals surface area contributed by atoms with Crippen molar-refractivity contribution in [3.05, 3.63) is 75.3 Å². The molecule has 0 amide bonds. The van der Waals surface area contributed by atoms with E-state index in [2.05, 4.69) is 23.0 Å². The molecule has 0 radical (unpaired) electrons. The first-order chi connectivity index (χ1) is 16.4. The highest BCUT2D eigenvalue weighted by molar-refractivity contribution is 6.35. The van der Waals surface area contributed by atoms with Gasteiger partial charge >= 0.3 is 0 Å². The zero-order valence-electron chi connectivity index (χ0n) is 18.3. The molecule has 1 saturated heterocycles. The van der Waals surface area contributed by atoms with Crippen LogP contribution in [0.4, 0.5) is 17.6 Å². The molecule has 9 nitrogen and oxygen atoms in total. The van der Waals surface area contributed by atoms with Crippen LogP contribution in [0, 0.1) is 17.2 Å². The molecular formula is C24H21ClN8O. The fraction of sp³-hybridized carbons (Fsp3) is 0.208. The normalized spacial score (nSPS) is 17.7. The highest BCUT2D eigenvalue weighted by Gasteiger charge is 2.37. The summed E-state index contributed by atoms with van der Waals surface area (Å²) in [4.78, 5) is 28.9. The zero-order chi connectivity index (χ0) is 24.0. The van der Waals surface area contributed by atoms with E-state index in [4.69, 9.17) is 28.1 Å². The van der Waals surface area contributed by atoms with Gasteiger partial charge in [0.25, 0.3) is 5.56 Å². The van der Waals surface area contributed by atoms with Gasteiger partial charge in [-0.25, -0.2) is 4.98 Å². The molecule has 0 aliphatic carbocycles. The number of nitrogen functional groups attached to an aromatic ring is 2. The quantitative estimate of drug-likeness (QED) is 0.462. The Morgan fingerprint density at radius 2 is 1.85 bits per heavy atom. The Labute approximate surface area is 200 Å². The van der Waals surface area contributed by atoms with E-state index in [1.807, 2.05) is 35.2 Å². The number of hydrogen-bond donors (Lipinski definition) is 2. The van der Waals surface area contributed by atoms with E-state index in [-0.39, 0.29) is 34.8 Å². The lowest BCUT2D eigenvalue weighted by Crippen LogP contribution is -2.32. The van der Waals surface area contributed by atoms with Gasteiger partial charge in [0.1, 0.15) is 23.3 Å². The van der Waals surface area contributed by atoms with Crippen molar-refractivity contribution in [2.75, 3.05) is 22.9 Å². The van der Waals surface area contributed by atoms with Crippen molar-refractivity contribution in [1.29, 1.82) is 5.26 Å². The Kier molecular flexibility index (Phi) is 5.30. The number of aromatic nitrogens is 4. The van der Waals surface area contributed by atoms with Crippen LogP contribution in [-0.2, 0) is 0 Å². The fourth-order valence-corrected chi connectivity index (χ4v) is 4.83. The van der Waals surface area contributed by atoms with Crippen molar-refractivity contribution in [1.82, 2.24) is 19.5 Å². The number of rotatable bonds is 3. The number of anilines is 3.